The first-order chi connectivity index (χ1) is 6.20. The largest absolute Gasteiger partial charge is 0.396 e. The van der Waals surface area contributed by atoms with Crippen molar-refractivity contribution in [1.29, 1.82) is 0 Å². The minimum atomic E-state index is 0.300. The van der Waals surface area contributed by atoms with E-state index >= 15 is 0 Å². The lowest BCUT2D eigenvalue weighted by Gasteiger charge is -2.03. The highest BCUT2D eigenvalue weighted by atomic mass is 16.2. The normalized spacial score (nSPS) is 14.2. The molecule has 0 radical (unpaired) electrons. The van der Waals surface area contributed by atoms with E-state index in [1.165, 1.54) is 12.0 Å². The fourth-order valence-corrected chi connectivity index (χ4v) is 1.17. The summed E-state index contributed by atoms with van der Waals surface area (Å²) < 4.78 is 0. The molecule has 0 aromatic carbocycles. The zero-order valence-electron chi connectivity index (χ0n) is 8.92. The van der Waals surface area contributed by atoms with Crippen LogP contribution in [-0.2, 0) is 0 Å². The third-order valence-corrected chi connectivity index (χ3v) is 2.25. The molecule has 13 heavy (non-hydrogen) atoms. The van der Waals surface area contributed by atoms with Gasteiger partial charge in [0.25, 0.3) is 0 Å². The molecular weight excluding hydrogens is 160 g/mol. The van der Waals surface area contributed by atoms with Crippen LogP contribution in [0.5, 0.6) is 0 Å². The maximum absolute atomic E-state index is 8.63. The van der Waals surface area contributed by atoms with Gasteiger partial charge in [-0.05, 0) is 38.5 Å². The molecular formula is C12H22O. The van der Waals surface area contributed by atoms with Crippen molar-refractivity contribution in [2.45, 2.75) is 39.5 Å². The molecule has 0 fully saturated rings. The Morgan fingerprint density at radius 1 is 1.54 bits per heavy atom. The Bertz CT molecular complexity index is 159. The summed E-state index contributed by atoms with van der Waals surface area (Å²) in [5.41, 5.74) is 1.39. The maximum Gasteiger partial charge on any atom is 0.0434 e. The quantitative estimate of drug-likeness (QED) is 0.599. The van der Waals surface area contributed by atoms with Crippen LogP contribution in [0, 0.1) is 5.92 Å². The number of hydrogen-bond acceptors (Lipinski definition) is 1. The van der Waals surface area contributed by atoms with E-state index in [0.717, 1.165) is 19.3 Å². The topological polar surface area (TPSA) is 20.2 Å². The van der Waals surface area contributed by atoms with E-state index in [1.807, 2.05) is 6.08 Å². The molecule has 0 heterocycles. The summed E-state index contributed by atoms with van der Waals surface area (Å²) in [6.45, 7) is 8.37. The molecule has 1 nitrogen and oxygen atoms in total. The second-order valence-corrected chi connectivity index (χ2v) is 3.67. The zero-order valence-corrected chi connectivity index (χ0v) is 8.92. The number of allylic oxidation sites excluding steroid dienone is 3. The Morgan fingerprint density at radius 2 is 2.23 bits per heavy atom. The smallest absolute Gasteiger partial charge is 0.0434 e. The molecule has 1 unspecified atom stereocenters. The molecule has 0 saturated heterocycles. The minimum Gasteiger partial charge on any atom is -0.396 e. The van der Waals surface area contributed by atoms with Gasteiger partial charge in [-0.15, -0.1) is 6.58 Å². The van der Waals surface area contributed by atoms with Crippen LogP contribution in [0.3, 0.4) is 0 Å². The molecule has 0 amide bonds. The van der Waals surface area contributed by atoms with Gasteiger partial charge in [-0.1, -0.05) is 24.6 Å². The van der Waals surface area contributed by atoms with Crippen molar-refractivity contribution in [3.63, 3.8) is 0 Å². The number of aliphatic hydroxyl groups excluding tert-OH is 1. The Morgan fingerprint density at radius 3 is 2.77 bits per heavy atom. The summed E-state index contributed by atoms with van der Waals surface area (Å²) in [5, 5.41) is 8.63. The Balaban J connectivity index is 3.52. The fourth-order valence-electron chi connectivity index (χ4n) is 1.17. The van der Waals surface area contributed by atoms with Crippen molar-refractivity contribution >= 4 is 0 Å². The molecule has 0 aromatic rings. The maximum atomic E-state index is 8.63. The van der Waals surface area contributed by atoms with E-state index in [4.69, 9.17) is 5.11 Å². The van der Waals surface area contributed by atoms with E-state index in [2.05, 4.69) is 26.5 Å². The van der Waals surface area contributed by atoms with Crippen molar-refractivity contribution in [3.05, 3.63) is 24.3 Å². The van der Waals surface area contributed by atoms with E-state index in [-0.39, 0.29) is 0 Å². The summed E-state index contributed by atoms with van der Waals surface area (Å²) in [7, 11) is 0. The van der Waals surface area contributed by atoms with Gasteiger partial charge < -0.3 is 5.11 Å². The zero-order chi connectivity index (χ0) is 10.1. The minimum absolute atomic E-state index is 0.300. The second-order valence-electron chi connectivity index (χ2n) is 3.67. The molecule has 1 N–H and O–H groups in total. The van der Waals surface area contributed by atoms with Gasteiger partial charge in [0.1, 0.15) is 0 Å². The van der Waals surface area contributed by atoms with Gasteiger partial charge in [-0.25, -0.2) is 0 Å². The lowest BCUT2D eigenvalue weighted by atomic mass is 10.0. The highest BCUT2D eigenvalue weighted by molar-refractivity contribution is 4.98. The van der Waals surface area contributed by atoms with Crippen molar-refractivity contribution in [3.8, 4) is 0 Å². The Kier molecular flexibility index (Phi) is 7.71. The monoisotopic (exact) mass is 182 g/mol. The van der Waals surface area contributed by atoms with Gasteiger partial charge in [0.05, 0.1) is 0 Å². The van der Waals surface area contributed by atoms with Crippen LogP contribution in [0.15, 0.2) is 24.3 Å². The van der Waals surface area contributed by atoms with Crippen molar-refractivity contribution in [1.82, 2.24) is 0 Å². The van der Waals surface area contributed by atoms with Crippen LogP contribution in [0.4, 0.5) is 0 Å². The summed E-state index contributed by atoms with van der Waals surface area (Å²) in [5.74, 6) is 0.613. The molecule has 0 spiro atoms. The van der Waals surface area contributed by atoms with E-state index in [1.54, 1.807) is 0 Å². The highest BCUT2D eigenvalue weighted by Gasteiger charge is 1.94. The van der Waals surface area contributed by atoms with Gasteiger partial charge in [-0.3, -0.25) is 0 Å². The first-order valence-corrected chi connectivity index (χ1v) is 5.09. The van der Waals surface area contributed by atoms with E-state index < -0.39 is 0 Å². The summed E-state index contributed by atoms with van der Waals surface area (Å²) in [6.07, 6.45) is 8.50. The molecule has 0 aliphatic heterocycles. The Hall–Kier alpha value is -0.560. The second kappa shape index (κ2) is 8.06. The number of hydrogen-bond donors (Lipinski definition) is 1. The van der Waals surface area contributed by atoms with Crippen LogP contribution >= 0.6 is 0 Å². The molecule has 1 heteroatoms. The molecule has 76 valence electrons. The predicted octanol–water partition coefficient (Wildman–Crippen LogP) is 3.31. The highest BCUT2D eigenvalue weighted by Crippen LogP contribution is 2.10. The molecule has 0 saturated carbocycles. The van der Waals surface area contributed by atoms with Crippen LogP contribution < -0.4 is 0 Å². The first kappa shape index (κ1) is 12.4. The predicted molar refractivity (Wildman–Crippen MR) is 58.7 cm³/mol. The van der Waals surface area contributed by atoms with Crippen LogP contribution in [0.2, 0.25) is 0 Å². The SMILES string of the molecule is C=CC(C)CCC=C(C)CCCO. The average Bonchev–Trinajstić information content (AvgIpc) is 2.14. The summed E-state index contributed by atoms with van der Waals surface area (Å²) in [6, 6.07) is 0. The van der Waals surface area contributed by atoms with Crippen molar-refractivity contribution in [2.24, 2.45) is 5.92 Å². The van der Waals surface area contributed by atoms with Gasteiger partial charge in [0.2, 0.25) is 0 Å². The standard InChI is InChI=1S/C12H22O/c1-4-11(2)7-5-8-12(3)9-6-10-13/h4,8,11,13H,1,5-7,9-10H2,2-3H3. The third kappa shape index (κ3) is 7.79. The molecule has 0 aliphatic rings. The molecule has 0 aromatic heterocycles. The van der Waals surface area contributed by atoms with Crippen LogP contribution in [0.25, 0.3) is 0 Å². The van der Waals surface area contributed by atoms with E-state index in [9.17, 15) is 0 Å². The van der Waals surface area contributed by atoms with Crippen LogP contribution in [-0.4, -0.2) is 11.7 Å². The van der Waals surface area contributed by atoms with Gasteiger partial charge in [0, 0.05) is 6.61 Å². The molecule has 0 bridgehead atoms. The van der Waals surface area contributed by atoms with Crippen molar-refractivity contribution in [2.75, 3.05) is 6.61 Å². The lowest BCUT2D eigenvalue weighted by molar-refractivity contribution is 0.288. The van der Waals surface area contributed by atoms with Crippen LogP contribution in [0.1, 0.15) is 39.5 Å². The van der Waals surface area contributed by atoms with Crippen molar-refractivity contribution < 1.29 is 5.11 Å². The fraction of sp³-hybridized carbons (Fsp3) is 0.667. The molecule has 1 atom stereocenters. The third-order valence-electron chi connectivity index (χ3n) is 2.25. The van der Waals surface area contributed by atoms with Gasteiger partial charge >= 0.3 is 0 Å². The number of rotatable bonds is 7. The van der Waals surface area contributed by atoms with Gasteiger partial charge in [-0.2, -0.15) is 0 Å². The summed E-state index contributed by atoms with van der Waals surface area (Å²) in [4.78, 5) is 0. The lowest BCUT2D eigenvalue weighted by Crippen LogP contribution is -1.88. The first-order valence-electron chi connectivity index (χ1n) is 5.09. The number of aliphatic hydroxyl groups is 1. The molecule has 0 rings (SSSR count). The average molecular weight is 182 g/mol. The Labute approximate surface area is 82.2 Å². The van der Waals surface area contributed by atoms with E-state index in [0.29, 0.717) is 12.5 Å². The molecule has 0 aliphatic carbocycles. The summed E-state index contributed by atoms with van der Waals surface area (Å²) >= 11 is 0. The van der Waals surface area contributed by atoms with Gasteiger partial charge in [0.15, 0.2) is 0 Å².